The van der Waals surface area contributed by atoms with E-state index in [-0.39, 0.29) is 0 Å². The van der Waals surface area contributed by atoms with Gasteiger partial charge in [0, 0.05) is 19.8 Å². The lowest BCUT2D eigenvalue weighted by molar-refractivity contribution is 0.157. The van der Waals surface area contributed by atoms with Crippen molar-refractivity contribution < 1.29 is 4.74 Å². The van der Waals surface area contributed by atoms with Crippen LogP contribution in [0.3, 0.4) is 0 Å². The van der Waals surface area contributed by atoms with Gasteiger partial charge in [-0.25, -0.2) is 0 Å². The summed E-state index contributed by atoms with van der Waals surface area (Å²) in [6.07, 6.45) is 4.06. The second kappa shape index (κ2) is 6.49. The van der Waals surface area contributed by atoms with Gasteiger partial charge in [-0.05, 0) is 43.6 Å². The normalized spacial score (nSPS) is 22.4. The number of hydrogen-bond donors (Lipinski definition) is 1. The van der Waals surface area contributed by atoms with Crippen LogP contribution in [0.2, 0.25) is 0 Å². The third-order valence-electron chi connectivity index (χ3n) is 3.76. The van der Waals surface area contributed by atoms with E-state index in [1.54, 1.807) is 7.11 Å². The Morgan fingerprint density at radius 3 is 2.47 bits per heavy atom. The lowest BCUT2D eigenvalue weighted by Crippen LogP contribution is -2.41. The van der Waals surface area contributed by atoms with E-state index in [1.165, 1.54) is 19.3 Å². The first-order chi connectivity index (χ1) is 7.20. The minimum Gasteiger partial charge on any atom is -0.385 e. The second-order valence-electron chi connectivity index (χ2n) is 5.04. The molecule has 90 valence electrons. The van der Waals surface area contributed by atoms with Crippen LogP contribution in [0.25, 0.3) is 0 Å². The van der Waals surface area contributed by atoms with E-state index < -0.39 is 0 Å². The molecule has 0 aromatic heterocycles. The Balaban J connectivity index is 2.39. The molecular formula is C13H27NO. The number of ether oxygens (including phenoxy) is 1. The molecule has 1 aliphatic carbocycles. The summed E-state index contributed by atoms with van der Waals surface area (Å²) in [7, 11) is 1.79. The topological polar surface area (TPSA) is 21.3 Å². The van der Waals surface area contributed by atoms with Crippen LogP contribution in [-0.2, 0) is 4.74 Å². The average molecular weight is 213 g/mol. The molecule has 0 radical (unpaired) electrons. The van der Waals surface area contributed by atoms with Crippen molar-refractivity contribution in [2.45, 2.75) is 46.1 Å². The molecule has 1 rings (SSSR count). The summed E-state index contributed by atoms with van der Waals surface area (Å²) in [5.41, 5.74) is 0. The molecule has 1 N–H and O–H groups in total. The van der Waals surface area contributed by atoms with E-state index >= 15 is 0 Å². The second-order valence-corrected chi connectivity index (χ2v) is 5.04. The average Bonchev–Trinajstić information content (AvgIpc) is 3.05. The third-order valence-corrected chi connectivity index (χ3v) is 3.76. The molecule has 1 fully saturated rings. The summed E-state index contributed by atoms with van der Waals surface area (Å²) in [5.74, 6) is 2.54. The van der Waals surface area contributed by atoms with Crippen LogP contribution < -0.4 is 5.32 Å². The number of methoxy groups -OCH3 is 1. The SMILES string of the molecule is CCNC(C(C)CCOC)C(C)C1CC1. The Bertz CT molecular complexity index is 168. The smallest absolute Gasteiger partial charge is 0.0465 e. The van der Waals surface area contributed by atoms with Gasteiger partial charge in [-0.15, -0.1) is 0 Å². The van der Waals surface area contributed by atoms with Gasteiger partial charge >= 0.3 is 0 Å². The maximum Gasteiger partial charge on any atom is 0.0465 e. The van der Waals surface area contributed by atoms with E-state index in [4.69, 9.17) is 4.74 Å². The van der Waals surface area contributed by atoms with Gasteiger partial charge in [0.15, 0.2) is 0 Å². The summed E-state index contributed by atoms with van der Waals surface area (Å²) in [4.78, 5) is 0. The van der Waals surface area contributed by atoms with Gasteiger partial charge in [0.2, 0.25) is 0 Å². The molecule has 0 amide bonds. The maximum atomic E-state index is 5.17. The summed E-state index contributed by atoms with van der Waals surface area (Å²) in [6.45, 7) is 8.94. The van der Waals surface area contributed by atoms with E-state index in [0.29, 0.717) is 6.04 Å². The van der Waals surface area contributed by atoms with Gasteiger partial charge in [0.05, 0.1) is 0 Å². The minimum absolute atomic E-state index is 0.678. The largest absolute Gasteiger partial charge is 0.385 e. The van der Waals surface area contributed by atoms with Crippen molar-refractivity contribution in [3.63, 3.8) is 0 Å². The highest BCUT2D eigenvalue weighted by Crippen LogP contribution is 2.40. The van der Waals surface area contributed by atoms with E-state index in [2.05, 4.69) is 26.1 Å². The van der Waals surface area contributed by atoms with Crippen molar-refractivity contribution in [2.24, 2.45) is 17.8 Å². The molecule has 1 saturated carbocycles. The molecule has 0 aliphatic heterocycles. The standard InChI is InChI=1S/C13H27NO/c1-5-14-13(10(2)8-9-15-4)11(3)12-6-7-12/h10-14H,5-9H2,1-4H3. The highest BCUT2D eigenvalue weighted by molar-refractivity contribution is 4.88. The van der Waals surface area contributed by atoms with Gasteiger partial charge in [0.25, 0.3) is 0 Å². The Morgan fingerprint density at radius 1 is 1.33 bits per heavy atom. The first kappa shape index (κ1) is 13.0. The van der Waals surface area contributed by atoms with Crippen molar-refractivity contribution in [3.8, 4) is 0 Å². The molecule has 0 bridgehead atoms. The molecule has 15 heavy (non-hydrogen) atoms. The van der Waals surface area contributed by atoms with Crippen LogP contribution >= 0.6 is 0 Å². The first-order valence-corrected chi connectivity index (χ1v) is 6.43. The van der Waals surface area contributed by atoms with Gasteiger partial charge in [-0.1, -0.05) is 20.8 Å². The highest BCUT2D eigenvalue weighted by atomic mass is 16.5. The molecule has 2 nitrogen and oxygen atoms in total. The molecule has 1 aliphatic rings. The van der Waals surface area contributed by atoms with E-state index in [9.17, 15) is 0 Å². The van der Waals surface area contributed by atoms with Crippen LogP contribution in [0.4, 0.5) is 0 Å². The Labute approximate surface area is 94.8 Å². The zero-order valence-corrected chi connectivity index (χ0v) is 10.8. The lowest BCUT2D eigenvalue weighted by Gasteiger charge is -2.30. The monoisotopic (exact) mass is 213 g/mol. The van der Waals surface area contributed by atoms with E-state index in [1.807, 2.05) is 0 Å². The van der Waals surface area contributed by atoms with Crippen molar-refractivity contribution in [2.75, 3.05) is 20.3 Å². The van der Waals surface area contributed by atoms with Gasteiger partial charge in [0.1, 0.15) is 0 Å². The number of rotatable bonds is 8. The fourth-order valence-electron chi connectivity index (χ4n) is 2.54. The highest BCUT2D eigenvalue weighted by Gasteiger charge is 2.34. The molecule has 0 aromatic rings. The van der Waals surface area contributed by atoms with Gasteiger partial charge < -0.3 is 10.1 Å². The fraction of sp³-hybridized carbons (Fsp3) is 1.00. The van der Waals surface area contributed by atoms with Crippen LogP contribution in [-0.4, -0.2) is 26.3 Å². The molecular weight excluding hydrogens is 186 g/mol. The minimum atomic E-state index is 0.678. The summed E-state index contributed by atoms with van der Waals surface area (Å²) in [5, 5.41) is 3.66. The van der Waals surface area contributed by atoms with Crippen molar-refractivity contribution in [1.29, 1.82) is 0 Å². The predicted molar refractivity (Wildman–Crippen MR) is 65.0 cm³/mol. The summed E-state index contributed by atoms with van der Waals surface area (Å²) < 4.78 is 5.17. The van der Waals surface area contributed by atoms with Crippen LogP contribution in [0.15, 0.2) is 0 Å². The Kier molecular flexibility index (Phi) is 5.62. The molecule has 0 aromatic carbocycles. The van der Waals surface area contributed by atoms with Crippen molar-refractivity contribution in [3.05, 3.63) is 0 Å². The first-order valence-electron chi connectivity index (χ1n) is 6.43. The molecule has 3 unspecified atom stereocenters. The van der Waals surface area contributed by atoms with Crippen LogP contribution in [0.1, 0.15) is 40.0 Å². The van der Waals surface area contributed by atoms with Crippen LogP contribution in [0.5, 0.6) is 0 Å². The molecule has 3 atom stereocenters. The van der Waals surface area contributed by atoms with Crippen molar-refractivity contribution in [1.82, 2.24) is 5.32 Å². The molecule has 0 heterocycles. The van der Waals surface area contributed by atoms with Crippen LogP contribution in [0, 0.1) is 17.8 Å². The molecule has 0 spiro atoms. The number of hydrogen-bond acceptors (Lipinski definition) is 2. The lowest BCUT2D eigenvalue weighted by atomic mass is 9.85. The summed E-state index contributed by atoms with van der Waals surface area (Å²) >= 11 is 0. The zero-order chi connectivity index (χ0) is 11.3. The third kappa shape index (κ3) is 4.12. The Hall–Kier alpha value is -0.0800. The fourth-order valence-corrected chi connectivity index (χ4v) is 2.54. The predicted octanol–water partition coefficient (Wildman–Crippen LogP) is 2.68. The molecule has 2 heteroatoms. The number of nitrogens with one attached hydrogen (secondary N) is 1. The van der Waals surface area contributed by atoms with Gasteiger partial charge in [-0.3, -0.25) is 0 Å². The molecule has 0 saturated heterocycles. The van der Waals surface area contributed by atoms with Gasteiger partial charge in [-0.2, -0.15) is 0 Å². The van der Waals surface area contributed by atoms with Crippen molar-refractivity contribution >= 4 is 0 Å². The van der Waals surface area contributed by atoms with E-state index in [0.717, 1.165) is 30.9 Å². The maximum absolute atomic E-state index is 5.17. The summed E-state index contributed by atoms with van der Waals surface area (Å²) in [6, 6.07) is 0.678. The quantitative estimate of drug-likeness (QED) is 0.669. The Morgan fingerprint density at radius 2 is 2.00 bits per heavy atom. The zero-order valence-electron chi connectivity index (χ0n) is 10.8.